The quantitative estimate of drug-likeness (QED) is 0.819. The molecule has 3 unspecified atom stereocenters. The van der Waals surface area contributed by atoms with Gasteiger partial charge in [0.05, 0.1) is 18.8 Å². The van der Waals surface area contributed by atoms with Crippen molar-refractivity contribution in [1.82, 2.24) is 10.2 Å². The Balaban J connectivity index is 1.91. The van der Waals surface area contributed by atoms with Crippen LogP contribution in [0.2, 0.25) is 0 Å². The Hall–Kier alpha value is -0.460. The highest BCUT2D eigenvalue weighted by Crippen LogP contribution is 2.21. The van der Waals surface area contributed by atoms with Crippen molar-refractivity contribution in [3.05, 3.63) is 34.3 Å². The largest absolute Gasteiger partial charge is 0.394 e. The maximum atomic E-state index is 9.29. The minimum Gasteiger partial charge on any atom is -0.394 e. The average Bonchev–Trinajstić information content (AvgIpc) is 2.47. The summed E-state index contributed by atoms with van der Waals surface area (Å²) in [7, 11) is 2.00. The summed E-state index contributed by atoms with van der Waals surface area (Å²) in [5.74, 6) is 0. The van der Waals surface area contributed by atoms with Gasteiger partial charge < -0.3 is 15.2 Å². The van der Waals surface area contributed by atoms with Gasteiger partial charge in [0.2, 0.25) is 0 Å². The second-order valence-corrected chi connectivity index (χ2v) is 6.61. The molecule has 5 heteroatoms. The lowest BCUT2D eigenvalue weighted by molar-refractivity contribution is -0.0955. The summed E-state index contributed by atoms with van der Waals surface area (Å²) in [5.41, 5.74) is 1.30. The van der Waals surface area contributed by atoms with E-state index in [0.29, 0.717) is 6.04 Å². The fourth-order valence-corrected chi connectivity index (χ4v) is 3.35. The smallest absolute Gasteiger partial charge is 0.0936 e. The summed E-state index contributed by atoms with van der Waals surface area (Å²) in [6.45, 7) is 4.92. The molecule has 1 aliphatic rings. The minimum atomic E-state index is -0.0485. The second kappa shape index (κ2) is 8.25. The lowest BCUT2D eigenvalue weighted by atomic mass is 10.0. The molecule has 4 nitrogen and oxygen atoms in total. The molecule has 0 aromatic heterocycles. The van der Waals surface area contributed by atoms with Crippen molar-refractivity contribution in [3.63, 3.8) is 0 Å². The van der Waals surface area contributed by atoms with E-state index in [0.717, 1.165) is 30.5 Å². The molecule has 0 aliphatic carbocycles. The first kappa shape index (κ1) is 16.9. The third-order valence-electron chi connectivity index (χ3n) is 3.94. The zero-order chi connectivity index (χ0) is 15.2. The van der Waals surface area contributed by atoms with Crippen LogP contribution in [0.4, 0.5) is 0 Å². The Morgan fingerprint density at radius 3 is 2.95 bits per heavy atom. The van der Waals surface area contributed by atoms with E-state index in [2.05, 4.69) is 51.3 Å². The van der Waals surface area contributed by atoms with E-state index in [1.807, 2.05) is 13.1 Å². The maximum Gasteiger partial charge on any atom is 0.0936 e. The Labute approximate surface area is 135 Å². The third-order valence-corrected chi connectivity index (χ3v) is 4.43. The van der Waals surface area contributed by atoms with Crippen molar-refractivity contribution >= 4 is 15.9 Å². The molecule has 1 saturated heterocycles. The van der Waals surface area contributed by atoms with Crippen LogP contribution < -0.4 is 5.32 Å². The summed E-state index contributed by atoms with van der Waals surface area (Å²) in [5, 5.41) is 12.7. The van der Waals surface area contributed by atoms with Gasteiger partial charge in [0.25, 0.3) is 0 Å². The van der Waals surface area contributed by atoms with Crippen molar-refractivity contribution in [3.8, 4) is 0 Å². The van der Waals surface area contributed by atoms with E-state index in [-0.39, 0.29) is 18.8 Å². The zero-order valence-corrected chi connectivity index (χ0v) is 14.3. The number of halogens is 1. The SMILES string of the molecule is CNC(CCN1CC(C)OC(CO)C1)c1cccc(Br)c1. The van der Waals surface area contributed by atoms with Crippen LogP contribution in [-0.2, 0) is 4.74 Å². The lowest BCUT2D eigenvalue weighted by Crippen LogP contribution is -2.48. The number of benzene rings is 1. The van der Waals surface area contributed by atoms with Crippen LogP contribution >= 0.6 is 15.9 Å². The number of aliphatic hydroxyl groups is 1. The second-order valence-electron chi connectivity index (χ2n) is 5.70. The first-order valence-electron chi connectivity index (χ1n) is 7.53. The van der Waals surface area contributed by atoms with Crippen LogP contribution in [0.1, 0.15) is 24.9 Å². The van der Waals surface area contributed by atoms with E-state index in [1.54, 1.807) is 0 Å². The van der Waals surface area contributed by atoms with Crippen molar-refractivity contribution in [2.45, 2.75) is 31.6 Å². The number of hydrogen-bond donors (Lipinski definition) is 2. The van der Waals surface area contributed by atoms with Crippen molar-refractivity contribution in [1.29, 1.82) is 0 Å². The number of nitrogens with one attached hydrogen (secondary N) is 1. The van der Waals surface area contributed by atoms with E-state index >= 15 is 0 Å². The van der Waals surface area contributed by atoms with Crippen molar-refractivity contribution in [2.75, 3.05) is 33.3 Å². The number of aliphatic hydroxyl groups excluding tert-OH is 1. The van der Waals surface area contributed by atoms with E-state index in [4.69, 9.17) is 4.74 Å². The highest BCUT2D eigenvalue weighted by molar-refractivity contribution is 9.10. The first-order chi connectivity index (χ1) is 10.1. The van der Waals surface area contributed by atoms with Crippen LogP contribution in [0.5, 0.6) is 0 Å². The normalized spacial score (nSPS) is 25.0. The predicted octanol–water partition coefficient (Wildman–Crippen LogP) is 2.18. The predicted molar refractivity (Wildman–Crippen MR) is 88.4 cm³/mol. The monoisotopic (exact) mass is 356 g/mol. The van der Waals surface area contributed by atoms with Gasteiger partial charge in [-0.15, -0.1) is 0 Å². The lowest BCUT2D eigenvalue weighted by Gasteiger charge is -2.36. The molecule has 1 fully saturated rings. The number of nitrogens with zero attached hydrogens (tertiary/aromatic N) is 1. The molecule has 2 N–H and O–H groups in total. The van der Waals surface area contributed by atoms with E-state index in [9.17, 15) is 5.11 Å². The Bertz CT molecular complexity index is 444. The molecule has 1 aliphatic heterocycles. The molecule has 118 valence electrons. The Morgan fingerprint density at radius 1 is 1.48 bits per heavy atom. The van der Waals surface area contributed by atoms with Gasteiger partial charge in [-0.05, 0) is 38.1 Å². The molecule has 0 saturated carbocycles. The fourth-order valence-electron chi connectivity index (χ4n) is 2.94. The van der Waals surface area contributed by atoms with Crippen LogP contribution in [0.15, 0.2) is 28.7 Å². The topological polar surface area (TPSA) is 44.7 Å². The van der Waals surface area contributed by atoms with E-state index in [1.165, 1.54) is 5.56 Å². The maximum absolute atomic E-state index is 9.29. The van der Waals surface area contributed by atoms with Gasteiger partial charge in [0, 0.05) is 30.1 Å². The zero-order valence-electron chi connectivity index (χ0n) is 12.8. The molecule has 1 heterocycles. The van der Waals surface area contributed by atoms with Gasteiger partial charge in [-0.1, -0.05) is 28.1 Å². The first-order valence-corrected chi connectivity index (χ1v) is 8.33. The van der Waals surface area contributed by atoms with Gasteiger partial charge in [-0.2, -0.15) is 0 Å². The molecule has 0 amide bonds. The Kier molecular flexibility index (Phi) is 6.64. The summed E-state index contributed by atoms with van der Waals surface area (Å²) in [4.78, 5) is 2.39. The van der Waals surface area contributed by atoms with Crippen molar-refractivity contribution < 1.29 is 9.84 Å². The molecular formula is C16H25BrN2O2. The molecule has 2 rings (SSSR count). The third kappa shape index (κ3) is 5.04. The van der Waals surface area contributed by atoms with Gasteiger partial charge in [-0.25, -0.2) is 0 Å². The van der Waals surface area contributed by atoms with Crippen molar-refractivity contribution in [2.24, 2.45) is 0 Å². The molecule has 0 spiro atoms. The highest BCUT2D eigenvalue weighted by Gasteiger charge is 2.25. The number of hydrogen-bond acceptors (Lipinski definition) is 4. The van der Waals surface area contributed by atoms with E-state index < -0.39 is 0 Å². The summed E-state index contributed by atoms with van der Waals surface area (Å²) in [6, 6.07) is 8.78. The van der Waals surface area contributed by atoms with Crippen LogP contribution in [0.3, 0.4) is 0 Å². The summed E-state index contributed by atoms with van der Waals surface area (Å²) in [6.07, 6.45) is 1.18. The van der Waals surface area contributed by atoms with Gasteiger partial charge in [-0.3, -0.25) is 4.90 Å². The molecule has 3 atom stereocenters. The van der Waals surface area contributed by atoms with Crippen LogP contribution in [0.25, 0.3) is 0 Å². The standard InChI is InChI=1S/C16H25BrN2O2/c1-12-9-19(10-15(11-20)21-12)7-6-16(18-2)13-4-3-5-14(17)8-13/h3-5,8,12,15-16,18,20H,6-7,9-11H2,1-2H3. The molecule has 0 radical (unpaired) electrons. The van der Waals surface area contributed by atoms with Gasteiger partial charge in [0.15, 0.2) is 0 Å². The molecule has 21 heavy (non-hydrogen) atoms. The van der Waals surface area contributed by atoms with Crippen LogP contribution in [0, 0.1) is 0 Å². The number of rotatable bonds is 6. The number of morpholine rings is 1. The molecule has 1 aromatic carbocycles. The summed E-state index contributed by atoms with van der Waals surface area (Å²) < 4.78 is 6.80. The Morgan fingerprint density at radius 2 is 2.29 bits per heavy atom. The summed E-state index contributed by atoms with van der Waals surface area (Å²) >= 11 is 3.53. The molecule has 0 bridgehead atoms. The molecule has 1 aromatic rings. The number of ether oxygens (including phenoxy) is 1. The van der Waals surface area contributed by atoms with Crippen LogP contribution in [-0.4, -0.2) is 55.5 Å². The minimum absolute atomic E-state index is 0.0485. The molecular weight excluding hydrogens is 332 g/mol. The van der Waals surface area contributed by atoms with Gasteiger partial charge in [0.1, 0.15) is 0 Å². The van der Waals surface area contributed by atoms with Gasteiger partial charge >= 0.3 is 0 Å². The average molecular weight is 357 g/mol. The fraction of sp³-hybridized carbons (Fsp3) is 0.625. The highest BCUT2D eigenvalue weighted by atomic mass is 79.9.